The van der Waals surface area contributed by atoms with E-state index in [1.165, 1.54) is 5.69 Å². The number of nitrogens with zero attached hydrogens (tertiary/aromatic N) is 1. The molecule has 0 radical (unpaired) electrons. The van der Waals surface area contributed by atoms with Crippen molar-refractivity contribution in [2.24, 2.45) is 5.73 Å². The van der Waals surface area contributed by atoms with Gasteiger partial charge < -0.3 is 10.3 Å². The first kappa shape index (κ1) is 13.5. The van der Waals surface area contributed by atoms with Crippen LogP contribution in [0.5, 0.6) is 0 Å². The van der Waals surface area contributed by atoms with Gasteiger partial charge >= 0.3 is 0 Å². The average molecular weight is 283 g/mol. The molecule has 1 aromatic carbocycles. The second-order valence-electron chi connectivity index (χ2n) is 4.37. The summed E-state index contributed by atoms with van der Waals surface area (Å²) in [7, 11) is 0. The van der Waals surface area contributed by atoms with E-state index in [-0.39, 0.29) is 6.04 Å². The summed E-state index contributed by atoms with van der Waals surface area (Å²) in [5.41, 5.74) is 8.14. The molecule has 0 amide bonds. The molecule has 0 aliphatic carbocycles. The summed E-state index contributed by atoms with van der Waals surface area (Å²) >= 11 is 12.1. The van der Waals surface area contributed by atoms with Crippen LogP contribution in [0.3, 0.4) is 0 Å². The van der Waals surface area contributed by atoms with E-state index in [1.54, 1.807) is 6.07 Å². The van der Waals surface area contributed by atoms with Gasteiger partial charge in [0.15, 0.2) is 0 Å². The van der Waals surface area contributed by atoms with Crippen molar-refractivity contribution in [1.29, 1.82) is 0 Å². The Morgan fingerprint density at radius 3 is 2.50 bits per heavy atom. The van der Waals surface area contributed by atoms with Crippen molar-refractivity contribution >= 4 is 23.2 Å². The fourth-order valence-corrected chi connectivity index (χ4v) is 2.44. The molecule has 0 spiro atoms. The van der Waals surface area contributed by atoms with Gasteiger partial charge in [0, 0.05) is 40.1 Å². The monoisotopic (exact) mass is 282 g/mol. The van der Waals surface area contributed by atoms with Crippen molar-refractivity contribution in [2.45, 2.75) is 25.8 Å². The van der Waals surface area contributed by atoms with Gasteiger partial charge in [-0.25, -0.2) is 0 Å². The summed E-state index contributed by atoms with van der Waals surface area (Å²) in [6.45, 7) is 2.09. The molecule has 2 rings (SSSR count). The molecule has 0 saturated heterocycles. The second-order valence-corrected chi connectivity index (χ2v) is 5.24. The Balaban J connectivity index is 2.36. The van der Waals surface area contributed by atoms with Gasteiger partial charge in [0.05, 0.1) is 0 Å². The third kappa shape index (κ3) is 3.08. The number of rotatable bonds is 4. The van der Waals surface area contributed by atoms with E-state index in [1.807, 2.05) is 24.4 Å². The van der Waals surface area contributed by atoms with Crippen LogP contribution in [0.4, 0.5) is 0 Å². The summed E-state index contributed by atoms with van der Waals surface area (Å²) in [6, 6.07) is 9.78. The third-order valence-electron chi connectivity index (χ3n) is 2.95. The Labute approximate surface area is 117 Å². The van der Waals surface area contributed by atoms with E-state index >= 15 is 0 Å². The highest BCUT2D eigenvalue weighted by Crippen LogP contribution is 2.23. The molecule has 4 heteroatoms. The Morgan fingerprint density at radius 1 is 1.22 bits per heavy atom. The van der Waals surface area contributed by atoms with Crippen LogP contribution in [0.15, 0.2) is 36.5 Å². The number of aromatic nitrogens is 1. The lowest BCUT2D eigenvalue weighted by Crippen LogP contribution is -2.22. The first-order chi connectivity index (χ1) is 8.60. The topological polar surface area (TPSA) is 30.9 Å². The maximum atomic E-state index is 6.03. The Morgan fingerprint density at radius 2 is 1.89 bits per heavy atom. The summed E-state index contributed by atoms with van der Waals surface area (Å²) < 4.78 is 2.08. The molecular formula is C14H16Cl2N2. The summed E-state index contributed by atoms with van der Waals surface area (Å²) in [5.74, 6) is 0. The van der Waals surface area contributed by atoms with E-state index in [0.717, 1.165) is 18.5 Å². The fourth-order valence-electron chi connectivity index (χ4n) is 1.93. The highest BCUT2D eigenvalue weighted by atomic mass is 35.5. The zero-order valence-electron chi connectivity index (χ0n) is 10.2. The molecular weight excluding hydrogens is 267 g/mol. The molecule has 1 atom stereocenters. The van der Waals surface area contributed by atoms with Gasteiger partial charge in [-0.1, -0.05) is 30.1 Å². The number of benzene rings is 1. The lowest BCUT2D eigenvalue weighted by atomic mass is 10.1. The fraction of sp³-hybridized carbons (Fsp3) is 0.286. The minimum atomic E-state index is 0.174. The number of nitrogens with two attached hydrogens (primary N) is 1. The second kappa shape index (κ2) is 5.79. The predicted molar refractivity (Wildman–Crippen MR) is 77.8 cm³/mol. The number of hydrogen-bond acceptors (Lipinski definition) is 1. The van der Waals surface area contributed by atoms with Crippen LogP contribution >= 0.6 is 23.2 Å². The third-order valence-corrected chi connectivity index (χ3v) is 3.39. The zero-order chi connectivity index (χ0) is 13.1. The van der Waals surface area contributed by atoms with Crippen LogP contribution < -0.4 is 5.73 Å². The Bertz CT molecular complexity index is 514. The van der Waals surface area contributed by atoms with Crippen molar-refractivity contribution in [2.75, 3.05) is 0 Å². The van der Waals surface area contributed by atoms with Crippen LogP contribution in [-0.4, -0.2) is 10.6 Å². The summed E-state index contributed by atoms with van der Waals surface area (Å²) in [4.78, 5) is 0. The normalized spacial score (nSPS) is 12.7. The molecule has 1 heterocycles. The maximum absolute atomic E-state index is 6.03. The standard InChI is InChI=1S/C14H16Cl2N2/c1-2-12(17)9-13-4-3-5-18(13)14-7-10(15)6-11(16)8-14/h3-8,12H,2,9,17H2,1H3. The Kier molecular flexibility index (Phi) is 4.33. The van der Waals surface area contributed by atoms with Gasteiger partial charge in [-0.15, -0.1) is 0 Å². The van der Waals surface area contributed by atoms with Crippen molar-refractivity contribution in [3.63, 3.8) is 0 Å². The first-order valence-electron chi connectivity index (χ1n) is 5.98. The molecule has 0 aliphatic rings. The van der Waals surface area contributed by atoms with E-state index < -0.39 is 0 Å². The van der Waals surface area contributed by atoms with Gasteiger partial charge in [0.2, 0.25) is 0 Å². The zero-order valence-corrected chi connectivity index (χ0v) is 11.7. The molecule has 0 bridgehead atoms. The highest BCUT2D eigenvalue weighted by molar-refractivity contribution is 6.34. The van der Waals surface area contributed by atoms with Gasteiger partial charge in [-0.2, -0.15) is 0 Å². The molecule has 18 heavy (non-hydrogen) atoms. The summed E-state index contributed by atoms with van der Waals surface area (Å²) in [5, 5.41) is 1.27. The lowest BCUT2D eigenvalue weighted by Gasteiger charge is -2.13. The van der Waals surface area contributed by atoms with Crippen molar-refractivity contribution in [3.8, 4) is 5.69 Å². The van der Waals surface area contributed by atoms with Crippen LogP contribution in [0.2, 0.25) is 10.0 Å². The van der Waals surface area contributed by atoms with Gasteiger partial charge in [-0.3, -0.25) is 0 Å². The van der Waals surface area contributed by atoms with E-state index in [4.69, 9.17) is 28.9 Å². The Hall–Kier alpha value is -0.960. The van der Waals surface area contributed by atoms with Gasteiger partial charge in [0.25, 0.3) is 0 Å². The molecule has 2 aromatic rings. The van der Waals surface area contributed by atoms with Crippen LogP contribution in [0, 0.1) is 0 Å². The van der Waals surface area contributed by atoms with E-state index in [9.17, 15) is 0 Å². The molecule has 1 unspecified atom stereocenters. The largest absolute Gasteiger partial charge is 0.327 e. The number of halogens is 2. The molecule has 1 aromatic heterocycles. The van der Waals surface area contributed by atoms with E-state index in [0.29, 0.717) is 10.0 Å². The van der Waals surface area contributed by atoms with Crippen molar-refractivity contribution in [1.82, 2.24) is 4.57 Å². The minimum absolute atomic E-state index is 0.174. The molecule has 96 valence electrons. The quantitative estimate of drug-likeness (QED) is 0.901. The van der Waals surface area contributed by atoms with Crippen molar-refractivity contribution in [3.05, 3.63) is 52.3 Å². The molecule has 2 nitrogen and oxygen atoms in total. The molecule has 0 aliphatic heterocycles. The molecule has 0 saturated carbocycles. The van der Waals surface area contributed by atoms with Crippen molar-refractivity contribution < 1.29 is 0 Å². The first-order valence-corrected chi connectivity index (χ1v) is 6.74. The van der Waals surface area contributed by atoms with E-state index in [2.05, 4.69) is 17.6 Å². The minimum Gasteiger partial charge on any atom is -0.327 e. The van der Waals surface area contributed by atoms with Crippen LogP contribution in [0.1, 0.15) is 19.0 Å². The SMILES string of the molecule is CCC(N)Cc1cccn1-c1cc(Cl)cc(Cl)c1. The average Bonchev–Trinajstić information content (AvgIpc) is 2.75. The van der Waals surface area contributed by atoms with Gasteiger partial charge in [0.1, 0.15) is 0 Å². The lowest BCUT2D eigenvalue weighted by molar-refractivity contribution is 0.630. The van der Waals surface area contributed by atoms with Gasteiger partial charge in [-0.05, 0) is 36.8 Å². The summed E-state index contributed by atoms with van der Waals surface area (Å²) in [6.07, 6.45) is 3.80. The highest BCUT2D eigenvalue weighted by Gasteiger charge is 2.08. The smallest absolute Gasteiger partial charge is 0.0481 e. The van der Waals surface area contributed by atoms with Crippen LogP contribution in [-0.2, 0) is 6.42 Å². The molecule has 0 fully saturated rings. The van der Waals surface area contributed by atoms with Crippen LogP contribution in [0.25, 0.3) is 5.69 Å². The molecule has 2 N–H and O–H groups in total. The predicted octanol–water partition coefficient (Wildman–Crippen LogP) is 4.06. The number of hydrogen-bond donors (Lipinski definition) is 1. The maximum Gasteiger partial charge on any atom is 0.0481 e.